The summed E-state index contributed by atoms with van der Waals surface area (Å²) in [6.07, 6.45) is 4.97. The van der Waals surface area contributed by atoms with Crippen LogP contribution in [0.2, 0.25) is 0 Å². The van der Waals surface area contributed by atoms with E-state index in [2.05, 4.69) is 0 Å². The molecule has 31 heavy (non-hydrogen) atoms. The Labute approximate surface area is 182 Å². The zero-order valence-corrected chi connectivity index (χ0v) is 17.4. The molecule has 2 unspecified atom stereocenters. The first-order chi connectivity index (χ1) is 15.2. The molecule has 156 valence electrons. The molecule has 0 N–H and O–H groups in total. The molecule has 0 amide bonds. The molecule has 0 spiro atoms. The monoisotopic (exact) mass is 412 g/mol. The molecule has 2 aliphatic rings. The molecule has 0 aromatic heterocycles. The highest BCUT2D eigenvalue weighted by atomic mass is 16.6. The van der Waals surface area contributed by atoms with Gasteiger partial charge in [-0.05, 0) is 28.8 Å². The molecule has 5 rings (SSSR count). The Balaban J connectivity index is 1.65. The normalized spacial score (nSPS) is 26.2. The van der Waals surface area contributed by atoms with Crippen LogP contribution in [-0.4, -0.2) is 26.6 Å². The highest BCUT2D eigenvalue weighted by molar-refractivity contribution is 5.75. The first-order valence-corrected chi connectivity index (χ1v) is 10.4. The Morgan fingerprint density at radius 3 is 1.68 bits per heavy atom. The second-order valence-corrected chi connectivity index (χ2v) is 8.06. The van der Waals surface area contributed by atoms with Gasteiger partial charge in [-0.15, -0.1) is 0 Å². The summed E-state index contributed by atoms with van der Waals surface area (Å²) >= 11 is 0. The number of carbonyl (C=O) groups is 1. The maximum Gasteiger partial charge on any atom is 0.136 e. The molecular formula is C27H24O4. The van der Waals surface area contributed by atoms with E-state index >= 15 is 0 Å². The predicted molar refractivity (Wildman–Crippen MR) is 119 cm³/mol. The summed E-state index contributed by atoms with van der Waals surface area (Å²) in [6.45, 7) is 0.918. The van der Waals surface area contributed by atoms with Crippen LogP contribution >= 0.6 is 0 Å². The summed E-state index contributed by atoms with van der Waals surface area (Å²) in [5.74, 6) is 0.788. The SMILES string of the molecule is COc1ccc(/C=C/C(C=O)(C2(c3ccccc3)CO2)C2(c3ccccc3)CO2)cc1. The maximum atomic E-state index is 13.0. The molecule has 2 saturated heterocycles. The van der Waals surface area contributed by atoms with Crippen molar-refractivity contribution in [3.63, 3.8) is 0 Å². The van der Waals surface area contributed by atoms with Gasteiger partial charge in [0.2, 0.25) is 0 Å². The summed E-state index contributed by atoms with van der Waals surface area (Å²) in [7, 11) is 1.64. The molecule has 4 nitrogen and oxygen atoms in total. The molecule has 2 fully saturated rings. The average Bonchev–Trinajstić information content (AvgIpc) is 3.77. The van der Waals surface area contributed by atoms with Crippen LogP contribution in [0.5, 0.6) is 5.75 Å². The molecular weight excluding hydrogens is 388 g/mol. The number of carbonyl (C=O) groups excluding carboxylic acids is 1. The molecule has 3 aromatic carbocycles. The van der Waals surface area contributed by atoms with E-state index in [-0.39, 0.29) is 0 Å². The van der Waals surface area contributed by atoms with Gasteiger partial charge in [0.15, 0.2) is 0 Å². The average molecular weight is 412 g/mol. The van der Waals surface area contributed by atoms with Crippen molar-refractivity contribution in [2.75, 3.05) is 20.3 Å². The van der Waals surface area contributed by atoms with Crippen LogP contribution < -0.4 is 4.74 Å². The minimum Gasteiger partial charge on any atom is -0.497 e. The Hall–Kier alpha value is -3.21. The van der Waals surface area contributed by atoms with Gasteiger partial charge in [0.1, 0.15) is 28.7 Å². The highest BCUT2D eigenvalue weighted by Crippen LogP contribution is 2.66. The fourth-order valence-corrected chi connectivity index (χ4v) is 4.62. The second kappa shape index (κ2) is 7.49. The summed E-state index contributed by atoms with van der Waals surface area (Å²) in [5.41, 5.74) is 0.360. The van der Waals surface area contributed by atoms with E-state index in [4.69, 9.17) is 14.2 Å². The van der Waals surface area contributed by atoms with Gasteiger partial charge >= 0.3 is 0 Å². The lowest BCUT2D eigenvalue weighted by molar-refractivity contribution is -0.121. The van der Waals surface area contributed by atoms with Gasteiger partial charge in [-0.3, -0.25) is 0 Å². The van der Waals surface area contributed by atoms with Crippen molar-refractivity contribution < 1.29 is 19.0 Å². The number of ether oxygens (including phenoxy) is 3. The molecule has 0 radical (unpaired) electrons. The standard InChI is InChI=1S/C27H24O4/c1-29-24-14-12-21(13-15-24)16-17-25(18-28,26(19-30-26)22-8-4-2-5-9-22)27(20-31-27)23-10-6-3-7-11-23/h2-18H,19-20H2,1H3/b17-16+. The quantitative estimate of drug-likeness (QED) is 0.396. The van der Waals surface area contributed by atoms with Crippen molar-refractivity contribution in [2.45, 2.75) is 11.2 Å². The maximum absolute atomic E-state index is 13.0. The molecule has 3 aromatic rings. The Morgan fingerprint density at radius 1 is 0.806 bits per heavy atom. The summed E-state index contributed by atoms with van der Waals surface area (Å²) in [5, 5.41) is 0. The van der Waals surface area contributed by atoms with Gasteiger partial charge < -0.3 is 19.0 Å². The lowest BCUT2D eigenvalue weighted by Gasteiger charge is -2.37. The lowest BCUT2D eigenvalue weighted by Crippen LogP contribution is -2.47. The van der Waals surface area contributed by atoms with E-state index in [0.717, 1.165) is 28.7 Å². The van der Waals surface area contributed by atoms with Crippen LogP contribution in [0.25, 0.3) is 6.08 Å². The number of hydrogen-bond acceptors (Lipinski definition) is 4. The molecule has 2 heterocycles. The van der Waals surface area contributed by atoms with E-state index in [1.54, 1.807) is 7.11 Å². The molecule has 0 aliphatic carbocycles. The molecule has 2 aliphatic heterocycles. The van der Waals surface area contributed by atoms with Crippen molar-refractivity contribution in [1.82, 2.24) is 0 Å². The van der Waals surface area contributed by atoms with Crippen LogP contribution in [-0.2, 0) is 25.5 Å². The fraction of sp³-hybridized carbons (Fsp3) is 0.222. The number of rotatable bonds is 8. The number of benzene rings is 3. The zero-order chi connectivity index (χ0) is 21.4. The minimum atomic E-state index is -1.03. The van der Waals surface area contributed by atoms with E-state index in [1.165, 1.54) is 0 Å². The number of epoxide rings is 2. The lowest BCUT2D eigenvalue weighted by atomic mass is 9.62. The molecule has 2 atom stereocenters. The number of methoxy groups -OCH3 is 1. The van der Waals surface area contributed by atoms with Crippen LogP contribution in [0.4, 0.5) is 0 Å². The van der Waals surface area contributed by atoms with E-state index in [1.807, 2.05) is 97.1 Å². The Bertz CT molecular complexity index is 1020. The predicted octanol–water partition coefficient (Wildman–Crippen LogP) is 4.75. The van der Waals surface area contributed by atoms with E-state index in [0.29, 0.717) is 13.2 Å². The minimum absolute atomic E-state index is 0.459. The van der Waals surface area contributed by atoms with Gasteiger partial charge in [0.25, 0.3) is 0 Å². The molecule has 0 saturated carbocycles. The van der Waals surface area contributed by atoms with E-state index in [9.17, 15) is 4.79 Å². The number of aldehydes is 1. The van der Waals surface area contributed by atoms with Gasteiger partial charge in [-0.2, -0.15) is 0 Å². The van der Waals surface area contributed by atoms with Crippen molar-refractivity contribution in [1.29, 1.82) is 0 Å². The van der Waals surface area contributed by atoms with Gasteiger partial charge in [0, 0.05) is 0 Å². The van der Waals surface area contributed by atoms with Crippen LogP contribution in [0.3, 0.4) is 0 Å². The highest BCUT2D eigenvalue weighted by Gasteiger charge is 2.75. The Kier molecular flexibility index (Phi) is 4.77. The molecule has 4 heteroatoms. The summed E-state index contributed by atoms with van der Waals surface area (Å²) in [4.78, 5) is 13.0. The van der Waals surface area contributed by atoms with Crippen LogP contribution in [0, 0.1) is 5.41 Å². The first-order valence-electron chi connectivity index (χ1n) is 10.4. The zero-order valence-electron chi connectivity index (χ0n) is 17.4. The van der Waals surface area contributed by atoms with Crippen molar-refractivity contribution in [2.24, 2.45) is 5.41 Å². The fourth-order valence-electron chi connectivity index (χ4n) is 4.62. The van der Waals surface area contributed by atoms with Gasteiger partial charge in [-0.25, -0.2) is 0 Å². The van der Waals surface area contributed by atoms with Gasteiger partial charge in [0.05, 0.1) is 20.3 Å². The largest absolute Gasteiger partial charge is 0.497 e. The van der Waals surface area contributed by atoms with Crippen molar-refractivity contribution >= 4 is 12.4 Å². The van der Waals surface area contributed by atoms with Crippen LogP contribution in [0.15, 0.2) is 91.0 Å². The smallest absolute Gasteiger partial charge is 0.136 e. The number of hydrogen-bond donors (Lipinski definition) is 0. The summed E-state index contributed by atoms with van der Waals surface area (Å²) in [6, 6.07) is 27.7. The third-order valence-electron chi connectivity index (χ3n) is 6.52. The Morgan fingerprint density at radius 2 is 1.29 bits per heavy atom. The van der Waals surface area contributed by atoms with E-state index < -0.39 is 16.6 Å². The van der Waals surface area contributed by atoms with Crippen molar-refractivity contribution in [3.8, 4) is 5.75 Å². The molecule has 0 bridgehead atoms. The van der Waals surface area contributed by atoms with Crippen molar-refractivity contribution in [3.05, 3.63) is 108 Å². The first kappa shape index (κ1) is 19.7. The summed E-state index contributed by atoms with van der Waals surface area (Å²) < 4.78 is 17.5. The third-order valence-corrected chi connectivity index (χ3v) is 6.52. The topological polar surface area (TPSA) is 51.4 Å². The van der Waals surface area contributed by atoms with Gasteiger partial charge in [-0.1, -0.05) is 84.9 Å². The third kappa shape index (κ3) is 3.02. The van der Waals surface area contributed by atoms with Crippen LogP contribution in [0.1, 0.15) is 16.7 Å². The second-order valence-electron chi connectivity index (χ2n) is 8.06.